The summed E-state index contributed by atoms with van der Waals surface area (Å²) < 4.78 is 0. The summed E-state index contributed by atoms with van der Waals surface area (Å²) >= 11 is 0. The Bertz CT molecular complexity index is 362. The summed E-state index contributed by atoms with van der Waals surface area (Å²) in [7, 11) is 0. The zero-order valence-electron chi connectivity index (χ0n) is 10.9. The van der Waals surface area contributed by atoms with Crippen LogP contribution >= 0.6 is 0 Å². The first-order valence-electron chi connectivity index (χ1n) is 6.73. The summed E-state index contributed by atoms with van der Waals surface area (Å²) in [5.41, 5.74) is 7.87. The number of unbranched alkanes of at least 4 members (excludes halogenated alkanes) is 1. The standard InChI is InChI=1S/C14H23N3O/c15-13-4-3-5-14(12-13)17-9-7-16(8-10-17)6-1-2-11-18/h3-5,12,18H,1-2,6-11,15H2. The molecule has 1 saturated heterocycles. The van der Waals surface area contributed by atoms with E-state index in [1.165, 1.54) is 5.69 Å². The van der Waals surface area contributed by atoms with Crippen LogP contribution in [0.1, 0.15) is 12.8 Å². The van der Waals surface area contributed by atoms with E-state index in [0.717, 1.165) is 51.3 Å². The van der Waals surface area contributed by atoms with Gasteiger partial charge >= 0.3 is 0 Å². The first-order valence-corrected chi connectivity index (χ1v) is 6.73. The molecule has 0 spiro atoms. The van der Waals surface area contributed by atoms with Crippen LogP contribution < -0.4 is 10.6 Å². The van der Waals surface area contributed by atoms with Gasteiger partial charge < -0.3 is 15.7 Å². The van der Waals surface area contributed by atoms with Gasteiger partial charge in [-0.3, -0.25) is 4.90 Å². The summed E-state index contributed by atoms with van der Waals surface area (Å²) in [6.45, 7) is 5.72. The van der Waals surface area contributed by atoms with Crippen molar-refractivity contribution in [3.8, 4) is 0 Å². The molecule has 2 rings (SSSR count). The molecule has 1 aromatic carbocycles. The molecule has 0 unspecified atom stereocenters. The lowest BCUT2D eigenvalue weighted by Crippen LogP contribution is -2.46. The van der Waals surface area contributed by atoms with Crippen molar-refractivity contribution in [3.63, 3.8) is 0 Å². The summed E-state index contributed by atoms with van der Waals surface area (Å²) in [6.07, 6.45) is 2.00. The molecule has 1 fully saturated rings. The van der Waals surface area contributed by atoms with E-state index >= 15 is 0 Å². The van der Waals surface area contributed by atoms with Crippen LogP contribution in [-0.4, -0.2) is 49.3 Å². The molecule has 3 N–H and O–H groups in total. The SMILES string of the molecule is Nc1cccc(N2CCN(CCCCO)CC2)c1. The molecule has 0 saturated carbocycles. The summed E-state index contributed by atoms with van der Waals surface area (Å²) in [5, 5.41) is 8.77. The molecule has 0 aliphatic carbocycles. The number of hydrogen-bond donors (Lipinski definition) is 2. The highest BCUT2D eigenvalue weighted by atomic mass is 16.2. The molecule has 0 bridgehead atoms. The molecule has 18 heavy (non-hydrogen) atoms. The minimum absolute atomic E-state index is 0.309. The molecule has 0 atom stereocenters. The zero-order chi connectivity index (χ0) is 12.8. The third-order valence-electron chi connectivity index (χ3n) is 3.49. The number of aliphatic hydroxyl groups excluding tert-OH is 1. The number of anilines is 2. The normalized spacial score (nSPS) is 17.1. The van der Waals surface area contributed by atoms with Crippen LogP contribution in [0, 0.1) is 0 Å². The number of hydrogen-bond acceptors (Lipinski definition) is 4. The Labute approximate surface area is 109 Å². The van der Waals surface area contributed by atoms with E-state index in [0.29, 0.717) is 6.61 Å². The maximum atomic E-state index is 8.77. The van der Waals surface area contributed by atoms with Crippen molar-refractivity contribution in [1.29, 1.82) is 0 Å². The molecule has 1 heterocycles. The minimum Gasteiger partial charge on any atom is -0.399 e. The second-order valence-electron chi connectivity index (χ2n) is 4.85. The molecular weight excluding hydrogens is 226 g/mol. The Morgan fingerprint density at radius 2 is 1.89 bits per heavy atom. The van der Waals surface area contributed by atoms with Crippen LogP contribution in [0.15, 0.2) is 24.3 Å². The fourth-order valence-corrected chi connectivity index (χ4v) is 2.40. The molecule has 1 aliphatic rings. The highest BCUT2D eigenvalue weighted by Gasteiger charge is 2.16. The molecule has 4 nitrogen and oxygen atoms in total. The van der Waals surface area contributed by atoms with E-state index in [1.54, 1.807) is 0 Å². The van der Waals surface area contributed by atoms with Crippen LogP contribution in [-0.2, 0) is 0 Å². The predicted molar refractivity (Wildman–Crippen MR) is 75.8 cm³/mol. The first kappa shape index (κ1) is 13.2. The number of nitrogens with two attached hydrogens (primary N) is 1. The van der Waals surface area contributed by atoms with Crippen molar-refractivity contribution < 1.29 is 5.11 Å². The minimum atomic E-state index is 0.309. The van der Waals surface area contributed by atoms with E-state index < -0.39 is 0 Å². The van der Waals surface area contributed by atoms with Crippen LogP contribution in [0.3, 0.4) is 0 Å². The third-order valence-corrected chi connectivity index (χ3v) is 3.49. The Morgan fingerprint density at radius 3 is 2.56 bits per heavy atom. The van der Waals surface area contributed by atoms with Gasteiger partial charge in [-0.25, -0.2) is 0 Å². The Balaban J connectivity index is 1.79. The average molecular weight is 249 g/mol. The van der Waals surface area contributed by atoms with Crippen molar-refractivity contribution in [2.24, 2.45) is 0 Å². The molecule has 100 valence electrons. The van der Waals surface area contributed by atoms with Gasteiger partial charge in [0.25, 0.3) is 0 Å². The highest BCUT2D eigenvalue weighted by molar-refractivity contribution is 5.56. The Hall–Kier alpha value is -1.26. The quantitative estimate of drug-likeness (QED) is 0.607. The van der Waals surface area contributed by atoms with Crippen molar-refractivity contribution >= 4 is 11.4 Å². The van der Waals surface area contributed by atoms with Crippen LogP contribution in [0.2, 0.25) is 0 Å². The number of nitrogens with zero attached hydrogens (tertiary/aromatic N) is 2. The van der Waals surface area contributed by atoms with E-state index in [2.05, 4.69) is 15.9 Å². The summed E-state index contributed by atoms with van der Waals surface area (Å²) in [4.78, 5) is 4.86. The van der Waals surface area contributed by atoms with Crippen molar-refractivity contribution in [2.75, 3.05) is 50.0 Å². The van der Waals surface area contributed by atoms with E-state index in [1.807, 2.05) is 18.2 Å². The smallest absolute Gasteiger partial charge is 0.0431 e. The second-order valence-corrected chi connectivity index (χ2v) is 4.85. The molecule has 0 aromatic heterocycles. The Morgan fingerprint density at radius 1 is 1.11 bits per heavy atom. The summed E-state index contributed by atoms with van der Waals surface area (Å²) in [6, 6.07) is 8.10. The van der Waals surface area contributed by atoms with Crippen LogP contribution in [0.25, 0.3) is 0 Å². The predicted octanol–water partition coefficient (Wildman–Crippen LogP) is 1.16. The Kier molecular flexibility index (Phi) is 4.84. The molecule has 1 aliphatic heterocycles. The van der Waals surface area contributed by atoms with Gasteiger partial charge in [-0.2, -0.15) is 0 Å². The van der Waals surface area contributed by atoms with Crippen molar-refractivity contribution in [3.05, 3.63) is 24.3 Å². The van der Waals surface area contributed by atoms with Gasteiger partial charge in [0.05, 0.1) is 0 Å². The lowest BCUT2D eigenvalue weighted by molar-refractivity contribution is 0.232. The van der Waals surface area contributed by atoms with E-state index in [-0.39, 0.29) is 0 Å². The molecular formula is C14H23N3O. The van der Waals surface area contributed by atoms with Crippen molar-refractivity contribution in [1.82, 2.24) is 4.90 Å². The number of nitrogen functional groups attached to an aromatic ring is 1. The lowest BCUT2D eigenvalue weighted by Gasteiger charge is -2.36. The van der Waals surface area contributed by atoms with Gasteiger partial charge in [0.1, 0.15) is 0 Å². The largest absolute Gasteiger partial charge is 0.399 e. The van der Waals surface area contributed by atoms with E-state index in [4.69, 9.17) is 10.8 Å². The monoisotopic (exact) mass is 249 g/mol. The number of benzene rings is 1. The zero-order valence-corrected chi connectivity index (χ0v) is 10.9. The van der Waals surface area contributed by atoms with Gasteiger partial charge in [-0.15, -0.1) is 0 Å². The fraction of sp³-hybridized carbons (Fsp3) is 0.571. The highest BCUT2D eigenvalue weighted by Crippen LogP contribution is 2.19. The number of piperazine rings is 1. The van der Waals surface area contributed by atoms with Gasteiger partial charge in [-0.05, 0) is 37.6 Å². The van der Waals surface area contributed by atoms with Crippen LogP contribution in [0.4, 0.5) is 11.4 Å². The molecule has 0 radical (unpaired) electrons. The molecule has 4 heteroatoms. The molecule has 1 aromatic rings. The number of rotatable bonds is 5. The van der Waals surface area contributed by atoms with Gasteiger partial charge in [0, 0.05) is 44.2 Å². The second kappa shape index (κ2) is 6.61. The first-order chi connectivity index (χ1) is 8.79. The molecule has 0 amide bonds. The fourth-order valence-electron chi connectivity index (χ4n) is 2.40. The number of aliphatic hydroxyl groups is 1. The van der Waals surface area contributed by atoms with Gasteiger partial charge in [0.2, 0.25) is 0 Å². The van der Waals surface area contributed by atoms with Gasteiger partial charge in [0.15, 0.2) is 0 Å². The lowest BCUT2D eigenvalue weighted by atomic mass is 10.2. The van der Waals surface area contributed by atoms with Gasteiger partial charge in [-0.1, -0.05) is 6.07 Å². The maximum Gasteiger partial charge on any atom is 0.0431 e. The third kappa shape index (κ3) is 3.62. The van der Waals surface area contributed by atoms with Crippen molar-refractivity contribution in [2.45, 2.75) is 12.8 Å². The van der Waals surface area contributed by atoms with Crippen LogP contribution in [0.5, 0.6) is 0 Å². The topological polar surface area (TPSA) is 52.7 Å². The summed E-state index contributed by atoms with van der Waals surface area (Å²) in [5.74, 6) is 0. The average Bonchev–Trinajstić information content (AvgIpc) is 2.40. The van der Waals surface area contributed by atoms with E-state index in [9.17, 15) is 0 Å². The maximum absolute atomic E-state index is 8.77.